The number of carbonyl (C=O) groups excluding carboxylic acids is 1. The number of hydrogen-bond donors (Lipinski definition) is 5. The summed E-state index contributed by atoms with van der Waals surface area (Å²) in [6.45, 7) is 10.5. The molecule has 0 aromatic heterocycles. The molecule has 1 aromatic rings. The van der Waals surface area contributed by atoms with Crippen molar-refractivity contribution >= 4 is 28.9 Å². The van der Waals surface area contributed by atoms with E-state index in [2.05, 4.69) is 10.3 Å². The van der Waals surface area contributed by atoms with E-state index in [0.717, 1.165) is 28.5 Å². The summed E-state index contributed by atoms with van der Waals surface area (Å²) >= 11 is 1.07. The fraction of sp³-hybridized carbons (Fsp3) is 0.545. The normalized spacial score (nSPS) is 18.4. The fourth-order valence-electron chi connectivity index (χ4n) is 2.99. The topological polar surface area (TPSA) is 122 Å². The first-order valence-corrected chi connectivity index (χ1v) is 10.6. The highest BCUT2D eigenvalue weighted by Crippen LogP contribution is 2.40. The number of amidine groups is 1. The van der Waals surface area contributed by atoms with Gasteiger partial charge in [-0.3, -0.25) is 4.79 Å². The van der Waals surface area contributed by atoms with Crippen molar-refractivity contribution in [2.45, 2.75) is 57.9 Å². The Morgan fingerprint density at radius 2 is 1.43 bits per heavy atom. The van der Waals surface area contributed by atoms with Gasteiger partial charge < -0.3 is 25.7 Å². The second kappa shape index (κ2) is 8.70. The van der Waals surface area contributed by atoms with Crippen LogP contribution >= 0.6 is 11.8 Å². The van der Waals surface area contributed by atoms with Gasteiger partial charge in [-0.2, -0.15) is 0 Å². The monoisotopic (exact) mass is 436 g/mol. The van der Waals surface area contributed by atoms with Gasteiger partial charge in [0, 0.05) is 11.1 Å². The molecule has 1 saturated heterocycles. The zero-order valence-corrected chi connectivity index (χ0v) is 19.2. The van der Waals surface area contributed by atoms with Gasteiger partial charge in [0.2, 0.25) is 0 Å². The Hall–Kier alpha value is -1.87. The lowest BCUT2D eigenvalue weighted by atomic mass is 9.78. The Bertz CT molecular complexity index is 831. The molecule has 0 unspecified atom stereocenters. The van der Waals surface area contributed by atoms with Crippen molar-refractivity contribution in [2.24, 2.45) is 4.99 Å². The number of carbonyl (C=O) groups is 1. The number of hydrogen-bond acceptors (Lipinski definition) is 7. The number of nitrogens with zero attached hydrogens (tertiary/aromatic N) is 1. The summed E-state index contributed by atoms with van der Waals surface area (Å²) in [6, 6.07) is 3.75. The van der Waals surface area contributed by atoms with E-state index in [9.17, 15) is 25.2 Å². The molecule has 0 atom stereocenters. The number of phenolic OH excluding ortho intramolecular Hbond substituents is 1. The van der Waals surface area contributed by atoms with Gasteiger partial charge in [0.1, 0.15) is 11.3 Å². The van der Waals surface area contributed by atoms with Gasteiger partial charge in [-0.05, 0) is 46.4 Å². The van der Waals surface area contributed by atoms with Gasteiger partial charge in [-0.15, -0.1) is 0 Å². The van der Waals surface area contributed by atoms with Crippen LogP contribution < -0.4 is 5.32 Å². The Kier molecular flexibility index (Phi) is 7.08. The van der Waals surface area contributed by atoms with E-state index in [1.165, 1.54) is 0 Å². The SMILES string of the molecule is CC(C)(C)c1cc(C=C2SC(=NC(CO)(CO)CO)NC2=O)cc(C(C)(C)C)c1O. The van der Waals surface area contributed by atoms with Crippen LogP contribution in [0, 0.1) is 0 Å². The Morgan fingerprint density at radius 3 is 1.83 bits per heavy atom. The second-order valence-corrected chi connectivity index (χ2v) is 10.7. The van der Waals surface area contributed by atoms with Crippen molar-refractivity contribution in [1.82, 2.24) is 5.32 Å². The number of phenols is 1. The highest BCUT2D eigenvalue weighted by Gasteiger charge is 2.32. The van der Waals surface area contributed by atoms with E-state index < -0.39 is 25.4 Å². The van der Waals surface area contributed by atoms with Gasteiger partial charge in [0.25, 0.3) is 5.91 Å². The summed E-state index contributed by atoms with van der Waals surface area (Å²) in [5, 5.41) is 42.0. The van der Waals surface area contributed by atoms with E-state index in [-0.39, 0.29) is 27.7 Å². The zero-order chi connectivity index (χ0) is 22.9. The minimum atomic E-state index is -1.46. The third-order valence-corrected chi connectivity index (χ3v) is 5.83. The first-order chi connectivity index (χ1) is 13.8. The van der Waals surface area contributed by atoms with Crippen LogP contribution in [0.2, 0.25) is 0 Å². The number of amides is 1. The van der Waals surface area contributed by atoms with E-state index in [1.54, 1.807) is 6.08 Å². The molecular weight excluding hydrogens is 404 g/mol. The van der Waals surface area contributed by atoms with Crippen LogP contribution in [0.4, 0.5) is 0 Å². The molecule has 8 heteroatoms. The summed E-state index contributed by atoms with van der Waals surface area (Å²) in [5.74, 6) is -0.0919. The third kappa shape index (κ3) is 5.24. The first-order valence-electron chi connectivity index (χ1n) is 9.77. The third-order valence-electron chi connectivity index (χ3n) is 4.92. The summed E-state index contributed by atoms with van der Waals surface area (Å²) in [4.78, 5) is 17.0. The van der Waals surface area contributed by atoms with E-state index in [4.69, 9.17) is 0 Å². The maximum absolute atomic E-state index is 12.5. The molecule has 1 heterocycles. The van der Waals surface area contributed by atoms with Gasteiger partial charge in [-0.25, -0.2) is 4.99 Å². The van der Waals surface area contributed by atoms with Gasteiger partial charge >= 0.3 is 0 Å². The molecule has 1 aliphatic heterocycles. The molecule has 0 radical (unpaired) electrons. The lowest BCUT2D eigenvalue weighted by molar-refractivity contribution is -0.115. The van der Waals surface area contributed by atoms with Crippen molar-refractivity contribution in [1.29, 1.82) is 0 Å². The van der Waals surface area contributed by atoms with Crippen molar-refractivity contribution in [2.75, 3.05) is 19.8 Å². The Balaban J connectivity index is 2.52. The van der Waals surface area contributed by atoms with Crippen LogP contribution in [0.15, 0.2) is 22.0 Å². The number of aliphatic hydroxyl groups is 3. The molecule has 30 heavy (non-hydrogen) atoms. The minimum Gasteiger partial charge on any atom is -0.507 e. The standard InChI is InChI=1S/C22H32N2O5S/c1-20(2,3)14-7-13(8-15(17(14)28)21(4,5)6)9-16-18(29)23-19(30-16)24-22(10-25,11-26)12-27/h7-9,25-28H,10-12H2,1-6H3,(H,23,24,29). The van der Waals surface area contributed by atoms with Crippen LogP contribution in [0.25, 0.3) is 6.08 Å². The summed E-state index contributed by atoms with van der Waals surface area (Å²) < 4.78 is 0. The first kappa shape index (κ1) is 24.4. The maximum atomic E-state index is 12.5. The molecule has 5 N–H and O–H groups in total. The number of nitrogens with one attached hydrogen (secondary N) is 1. The molecule has 0 saturated carbocycles. The highest BCUT2D eigenvalue weighted by atomic mass is 32.2. The molecule has 7 nitrogen and oxygen atoms in total. The minimum absolute atomic E-state index is 0.203. The van der Waals surface area contributed by atoms with Gasteiger partial charge in [0.05, 0.1) is 24.7 Å². The summed E-state index contributed by atoms with van der Waals surface area (Å²) in [6.07, 6.45) is 1.73. The summed E-state index contributed by atoms with van der Waals surface area (Å²) in [5.41, 5.74) is 0.318. The van der Waals surface area contributed by atoms with E-state index in [1.807, 2.05) is 53.7 Å². The molecule has 1 amide bonds. The lowest BCUT2D eigenvalue weighted by Crippen LogP contribution is -2.41. The van der Waals surface area contributed by atoms with Crippen LogP contribution in [-0.2, 0) is 15.6 Å². The molecule has 2 rings (SSSR count). The van der Waals surface area contributed by atoms with E-state index >= 15 is 0 Å². The molecule has 0 bridgehead atoms. The maximum Gasteiger partial charge on any atom is 0.264 e. The van der Waals surface area contributed by atoms with E-state index in [0.29, 0.717) is 4.91 Å². The van der Waals surface area contributed by atoms with Crippen LogP contribution in [-0.4, -0.2) is 56.9 Å². The molecule has 166 valence electrons. The molecule has 0 spiro atoms. The number of aromatic hydroxyl groups is 1. The number of aliphatic imine (C=N–C) groups is 1. The van der Waals surface area contributed by atoms with Crippen LogP contribution in [0.3, 0.4) is 0 Å². The lowest BCUT2D eigenvalue weighted by Gasteiger charge is -2.28. The van der Waals surface area contributed by atoms with Crippen LogP contribution in [0.5, 0.6) is 5.75 Å². The molecule has 1 fully saturated rings. The predicted molar refractivity (Wildman–Crippen MR) is 121 cm³/mol. The van der Waals surface area contributed by atoms with Crippen molar-refractivity contribution in [3.8, 4) is 5.75 Å². The number of rotatable bonds is 5. The predicted octanol–water partition coefficient (Wildman–Crippen LogP) is 2.26. The highest BCUT2D eigenvalue weighted by molar-refractivity contribution is 8.18. The quantitative estimate of drug-likeness (QED) is 0.451. The fourth-order valence-corrected chi connectivity index (χ4v) is 3.92. The Morgan fingerprint density at radius 1 is 0.967 bits per heavy atom. The van der Waals surface area contributed by atoms with Crippen molar-refractivity contribution in [3.05, 3.63) is 33.7 Å². The molecule has 1 aromatic carbocycles. The second-order valence-electron chi connectivity index (χ2n) is 9.65. The number of aliphatic hydroxyl groups excluding tert-OH is 3. The smallest absolute Gasteiger partial charge is 0.264 e. The van der Waals surface area contributed by atoms with Crippen molar-refractivity contribution < 1.29 is 25.2 Å². The summed E-state index contributed by atoms with van der Waals surface area (Å²) in [7, 11) is 0. The molecular formula is C22H32N2O5S. The molecule has 1 aliphatic rings. The van der Waals surface area contributed by atoms with Crippen LogP contribution in [0.1, 0.15) is 58.2 Å². The number of benzene rings is 1. The van der Waals surface area contributed by atoms with Gasteiger partial charge in [-0.1, -0.05) is 41.5 Å². The Labute approximate surface area is 181 Å². The largest absolute Gasteiger partial charge is 0.507 e. The number of thioether (sulfide) groups is 1. The van der Waals surface area contributed by atoms with Crippen molar-refractivity contribution in [3.63, 3.8) is 0 Å². The van der Waals surface area contributed by atoms with Gasteiger partial charge in [0.15, 0.2) is 5.17 Å². The zero-order valence-electron chi connectivity index (χ0n) is 18.4. The average molecular weight is 437 g/mol. The average Bonchev–Trinajstić information content (AvgIpc) is 2.98. The molecule has 0 aliphatic carbocycles.